The Balaban J connectivity index is 1.67. The molecular formula is C31H37F2O6S2+. The topological polar surface area (TPSA) is 82.1 Å². The van der Waals surface area contributed by atoms with E-state index in [0.717, 1.165) is 40.0 Å². The molecule has 1 heterocycles. The van der Waals surface area contributed by atoms with Crippen LogP contribution in [0.4, 0.5) is 8.78 Å². The lowest BCUT2D eigenvalue weighted by molar-refractivity contribution is -0.221. The van der Waals surface area contributed by atoms with Gasteiger partial charge in [-0.05, 0) is 98.3 Å². The van der Waals surface area contributed by atoms with E-state index in [0.29, 0.717) is 13.2 Å². The molecule has 1 N–H and O–H groups in total. The Kier molecular flexibility index (Phi) is 9.21. The molecule has 0 aromatic heterocycles. The monoisotopic (exact) mass is 607 g/mol. The summed E-state index contributed by atoms with van der Waals surface area (Å²) in [5, 5.41) is -4.45. The largest absolute Gasteiger partial charge is 0.483 e. The van der Waals surface area contributed by atoms with Crippen LogP contribution < -0.4 is 4.74 Å². The fraction of sp³-hybridized carbons (Fsp3) is 0.419. The van der Waals surface area contributed by atoms with Crippen molar-refractivity contribution < 1.29 is 36.0 Å². The first-order valence-corrected chi connectivity index (χ1v) is 16.1. The Morgan fingerprint density at radius 2 is 1.29 bits per heavy atom. The van der Waals surface area contributed by atoms with Gasteiger partial charge in [-0.15, -0.1) is 0 Å². The summed E-state index contributed by atoms with van der Waals surface area (Å²) in [6.07, 6.45) is -0.185. The minimum absolute atomic E-state index is 0.00721. The van der Waals surface area contributed by atoms with Crippen molar-refractivity contribution in [2.75, 3.05) is 13.2 Å². The second-order valence-corrected chi connectivity index (χ2v) is 14.7. The van der Waals surface area contributed by atoms with Crippen molar-refractivity contribution in [1.29, 1.82) is 0 Å². The first-order valence-electron chi connectivity index (χ1n) is 13.5. The van der Waals surface area contributed by atoms with E-state index in [2.05, 4.69) is 57.2 Å². The number of halogens is 2. The highest BCUT2D eigenvalue weighted by atomic mass is 32.2. The molecular weight excluding hydrogens is 570 g/mol. The van der Waals surface area contributed by atoms with Gasteiger partial charge >= 0.3 is 15.4 Å². The van der Waals surface area contributed by atoms with E-state index in [-0.39, 0.29) is 11.2 Å². The van der Waals surface area contributed by atoms with Crippen LogP contribution in [0.25, 0.3) is 0 Å². The van der Waals surface area contributed by atoms with Crippen molar-refractivity contribution >= 4 is 21.0 Å². The number of alkyl halides is 2. The zero-order chi connectivity index (χ0) is 30.1. The highest BCUT2D eigenvalue weighted by Gasteiger charge is 2.51. The van der Waals surface area contributed by atoms with E-state index >= 15 is 0 Å². The summed E-state index contributed by atoms with van der Waals surface area (Å²) < 4.78 is 76.4. The molecule has 1 fully saturated rings. The van der Waals surface area contributed by atoms with Crippen molar-refractivity contribution in [2.24, 2.45) is 0 Å². The van der Waals surface area contributed by atoms with E-state index in [1.807, 2.05) is 19.1 Å². The third-order valence-electron chi connectivity index (χ3n) is 7.05. The van der Waals surface area contributed by atoms with E-state index in [1.54, 1.807) is 12.1 Å². The quantitative estimate of drug-likeness (QED) is 0.213. The Morgan fingerprint density at radius 1 is 0.854 bits per heavy atom. The van der Waals surface area contributed by atoms with Crippen LogP contribution in [0.3, 0.4) is 0 Å². The summed E-state index contributed by atoms with van der Waals surface area (Å²) in [6.45, 7) is 10.6. The molecule has 0 spiro atoms. The molecule has 0 aliphatic carbocycles. The number of hydrogen-bond acceptors (Lipinski definition) is 5. The fourth-order valence-electron chi connectivity index (χ4n) is 4.48. The lowest BCUT2D eigenvalue weighted by Gasteiger charge is -2.28. The Bertz CT molecular complexity index is 1410. The summed E-state index contributed by atoms with van der Waals surface area (Å²) in [4.78, 5) is 3.02. The molecule has 1 aliphatic rings. The Morgan fingerprint density at radius 3 is 1.73 bits per heavy atom. The Hall–Kier alpha value is -2.50. The summed E-state index contributed by atoms with van der Waals surface area (Å²) in [7, 11) is -6.18. The lowest BCUT2D eigenvalue weighted by Crippen LogP contribution is -2.42. The average Bonchev–Trinajstić information content (AvgIpc) is 3.14. The number of rotatable bonds is 8. The molecule has 222 valence electrons. The molecule has 0 saturated carbocycles. The molecule has 2 unspecified atom stereocenters. The van der Waals surface area contributed by atoms with Crippen LogP contribution >= 0.6 is 0 Å². The molecule has 2 atom stereocenters. The second-order valence-electron chi connectivity index (χ2n) is 11.2. The minimum Gasteiger partial charge on any atom is -0.483 e. The van der Waals surface area contributed by atoms with Crippen molar-refractivity contribution in [3.8, 4) is 5.75 Å². The summed E-state index contributed by atoms with van der Waals surface area (Å²) in [5.41, 5.74) is 2.12. The SMILES string of the molecule is CC(Oc1ccc([S+](c2ccc(C(C)(C)C)cc2)c2ccc(C3(C)OCCCCO3)cc2)cc1)C(F)(F)S(=O)(=O)O. The lowest BCUT2D eigenvalue weighted by atomic mass is 9.87. The maximum atomic E-state index is 14.0. The number of benzene rings is 3. The predicted octanol–water partition coefficient (Wildman–Crippen LogP) is 7.33. The maximum absolute atomic E-state index is 14.0. The van der Waals surface area contributed by atoms with Crippen molar-refractivity contribution in [3.63, 3.8) is 0 Å². The van der Waals surface area contributed by atoms with Gasteiger partial charge in [0.1, 0.15) is 5.75 Å². The second kappa shape index (κ2) is 12.0. The van der Waals surface area contributed by atoms with E-state index in [1.165, 1.54) is 17.7 Å². The minimum atomic E-state index is -5.62. The van der Waals surface area contributed by atoms with Crippen LogP contribution in [0, 0.1) is 0 Å². The molecule has 1 saturated heterocycles. The van der Waals surface area contributed by atoms with E-state index < -0.39 is 38.2 Å². The summed E-state index contributed by atoms with van der Waals surface area (Å²) >= 11 is 0. The summed E-state index contributed by atoms with van der Waals surface area (Å²) in [5.74, 6) is -0.760. The molecule has 41 heavy (non-hydrogen) atoms. The summed E-state index contributed by atoms with van der Waals surface area (Å²) in [6, 6.07) is 23.2. The standard InChI is InChI=1S/C31H36F2O6S2/c1-22(31(32,33)41(34,35)36)39-25-12-18-28(19-13-25)40(26-14-8-23(9-15-26)29(2,3)4)27-16-10-24(11-17-27)30(5)37-20-6-7-21-38-30/h8-19,22H,6-7,20-21H2,1-5H3/p+1. The van der Waals surface area contributed by atoms with Crippen LogP contribution in [0.15, 0.2) is 87.5 Å². The highest BCUT2D eigenvalue weighted by Crippen LogP contribution is 2.37. The Labute approximate surface area is 244 Å². The molecule has 0 amide bonds. The predicted molar refractivity (Wildman–Crippen MR) is 155 cm³/mol. The van der Waals surface area contributed by atoms with E-state index in [9.17, 15) is 17.2 Å². The van der Waals surface area contributed by atoms with E-state index in [4.69, 9.17) is 18.8 Å². The molecule has 10 heteroatoms. The van der Waals surface area contributed by atoms with Gasteiger partial charge in [0.05, 0.1) is 24.1 Å². The van der Waals surface area contributed by atoms with Gasteiger partial charge in [-0.2, -0.15) is 17.2 Å². The normalized spacial score (nSPS) is 17.9. The third kappa shape index (κ3) is 7.11. The van der Waals surface area contributed by atoms with Gasteiger partial charge in [0.25, 0.3) is 0 Å². The third-order valence-corrected chi connectivity index (χ3v) is 10.3. The van der Waals surface area contributed by atoms with Crippen LogP contribution in [0.2, 0.25) is 0 Å². The van der Waals surface area contributed by atoms with Gasteiger partial charge < -0.3 is 14.2 Å². The molecule has 3 aromatic rings. The van der Waals surface area contributed by atoms with Gasteiger partial charge in [0.2, 0.25) is 0 Å². The highest BCUT2D eigenvalue weighted by molar-refractivity contribution is 7.97. The number of ether oxygens (including phenoxy) is 3. The van der Waals surface area contributed by atoms with Crippen LogP contribution in [0.5, 0.6) is 5.75 Å². The zero-order valence-corrected chi connectivity index (χ0v) is 25.5. The van der Waals surface area contributed by atoms with Gasteiger partial charge in [-0.1, -0.05) is 32.9 Å². The number of hydrogen-bond donors (Lipinski definition) is 1. The van der Waals surface area contributed by atoms with Crippen molar-refractivity contribution in [2.45, 2.75) is 84.7 Å². The molecule has 0 bridgehead atoms. The average molecular weight is 608 g/mol. The maximum Gasteiger partial charge on any atom is 0.405 e. The smallest absolute Gasteiger partial charge is 0.405 e. The van der Waals surface area contributed by atoms with Gasteiger partial charge in [0, 0.05) is 5.56 Å². The molecule has 1 aliphatic heterocycles. The zero-order valence-electron chi connectivity index (χ0n) is 23.9. The van der Waals surface area contributed by atoms with Gasteiger partial charge in [-0.3, -0.25) is 4.55 Å². The van der Waals surface area contributed by atoms with Crippen LogP contribution in [-0.4, -0.2) is 37.5 Å². The first kappa shape index (κ1) is 31.4. The van der Waals surface area contributed by atoms with Gasteiger partial charge in [-0.25, -0.2) is 0 Å². The molecule has 0 radical (unpaired) electrons. The van der Waals surface area contributed by atoms with Crippen molar-refractivity contribution in [1.82, 2.24) is 0 Å². The van der Waals surface area contributed by atoms with Crippen molar-refractivity contribution in [3.05, 3.63) is 83.9 Å². The van der Waals surface area contributed by atoms with Gasteiger partial charge in [0.15, 0.2) is 26.6 Å². The first-order chi connectivity index (χ1) is 19.1. The van der Waals surface area contributed by atoms with Crippen LogP contribution in [-0.2, 0) is 41.7 Å². The fourth-order valence-corrected chi connectivity index (χ4v) is 6.98. The molecule has 3 aromatic carbocycles. The van der Waals surface area contributed by atoms with Crippen LogP contribution in [0.1, 0.15) is 58.6 Å². The molecule has 4 rings (SSSR count). The molecule has 6 nitrogen and oxygen atoms in total.